The number of aliphatic hydroxyl groups excluding tert-OH is 1. The van der Waals surface area contributed by atoms with Gasteiger partial charge in [0.1, 0.15) is 17.4 Å². The van der Waals surface area contributed by atoms with Crippen LogP contribution in [0.3, 0.4) is 0 Å². The summed E-state index contributed by atoms with van der Waals surface area (Å²) in [5.74, 6) is -0.384. The molecule has 3 aromatic rings. The summed E-state index contributed by atoms with van der Waals surface area (Å²) in [6.07, 6.45) is 0. The van der Waals surface area contributed by atoms with Crippen molar-refractivity contribution in [1.29, 1.82) is 5.41 Å². The van der Waals surface area contributed by atoms with Crippen LogP contribution in [-0.2, 0) is 4.74 Å². The van der Waals surface area contributed by atoms with Gasteiger partial charge >= 0.3 is 5.97 Å². The van der Waals surface area contributed by atoms with Crippen molar-refractivity contribution in [1.82, 2.24) is 9.97 Å². The highest BCUT2D eigenvalue weighted by Crippen LogP contribution is 2.29. The quantitative estimate of drug-likeness (QED) is 0.604. The molecule has 140 valence electrons. The first-order valence-corrected chi connectivity index (χ1v) is 8.46. The van der Waals surface area contributed by atoms with Gasteiger partial charge in [-0.15, -0.1) is 0 Å². The Kier molecular flexibility index (Phi) is 4.15. The number of aromatic amines is 1. The summed E-state index contributed by atoms with van der Waals surface area (Å²) >= 11 is 0. The maximum absolute atomic E-state index is 12.3. The van der Waals surface area contributed by atoms with Crippen LogP contribution >= 0.6 is 0 Å². The number of carbonyl (C=O) groups excluding carboxylic acids is 1. The molecule has 0 saturated heterocycles. The van der Waals surface area contributed by atoms with Crippen molar-refractivity contribution in [2.75, 3.05) is 18.6 Å². The third kappa shape index (κ3) is 2.81. The van der Waals surface area contributed by atoms with Crippen LogP contribution in [0.4, 0.5) is 5.69 Å². The normalized spacial score (nSPS) is 14.0. The summed E-state index contributed by atoms with van der Waals surface area (Å²) in [6.45, 7) is 0.0578. The highest BCUT2D eigenvalue weighted by Gasteiger charge is 2.31. The Morgan fingerprint density at radius 1 is 1.21 bits per heavy atom. The predicted octanol–water partition coefficient (Wildman–Crippen LogP) is 2.48. The van der Waals surface area contributed by atoms with E-state index in [2.05, 4.69) is 14.7 Å². The summed E-state index contributed by atoms with van der Waals surface area (Å²) in [5, 5.41) is 19.4. The van der Waals surface area contributed by atoms with E-state index in [1.807, 2.05) is 0 Å². The van der Waals surface area contributed by atoms with Gasteiger partial charge in [0.2, 0.25) is 0 Å². The Bertz CT molecular complexity index is 1190. The number of hydrogen-bond acceptors (Lipinski definition) is 6. The topological polar surface area (TPSA) is 119 Å². The Morgan fingerprint density at radius 2 is 1.93 bits per heavy atom. The molecule has 0 fully saturated rings. The summed E-state index contributed by atoms with van der Waals surface area (Å²) in [7, 11) is 1.30. The summed E-state index contributed by atoms with van der Waals surface area (Å²) < 4.78 is 4.68. The maximum atomic E-state index is 12.3. The molecule has 8 nitrogen and oxygen atoms in total. The minimum absolute atomic E-state index is 0.00162. The molecular weight excluding hydrogens is 360 g/mol. The molecule has 2 heterocycles. The molecule has 0 radical (unpaired) electrons. The number of H-pyrrole nitrogens is 1. The molecule has 1 aliphatic rings. The number of benzene rings is 2. The van der Waals surface area contributed by atoms with Gasteiger partial charge in [-0.05, 0) is 36.4 Å². The molecule has 28 heavy (non-hydrogen) atoms. The van der Waals surface area contributed by atoms with E-state index in [0.717, 1.165) is 0 Å². The van der Waals surface area contributed by atoms with E-state index in [4.69, 9.17) is 5.41 Å². The van der Waals surface area contributed by atoms with Gasteiger partial charge in [-0.25, -0.2) is 9.78 Å². The second kappa shape index (κ2) is 6.66. The van der Waals surface area contributed by atoms with Gasteiger partial charge in [0.15, 0.2) is 0 Å². The Morgan fingerprint density at radius 3 is 2.64 bits per heavy atom. The molecule has 0 bridgehead atoms. The van der Waals surface area contributed by atoms with E-state index in [0.29, 0.717) is 22.2 Å². The molecular formula is C20H16N4O4. The summed E-state index contributed by atoms with van der Waals surface area (Å²) in [6, 6.07) is 13.4. The molecule has 2 aromatic carbocycles. The van der Waals surface area contributed by atoms with Crippen LogP contribution in [0.25, 0.3) is 16.5 Å². The molecule has 0 saturated carbocycles. The van der Waals surface area contributed by atoms with Gasteiger partial charge in [-0.3, -0.25) is 10.2 Å². The highest BCUT2D eigenvalue weighted by molar-refractivity contribution is 6.30. The fourth-order valence-corrected chi connectivity index (χ4v) is 3.15. The van der Waals surface area contributed by atoms with Crippen LogP contribution in [0.1, 0.15) is 16.2 Å². The number of hydrogen-bond donors (Lipinski definition) is 3. The number of anilines is 1. The van der Waals surface area contributed by atoms with Gasteiger partial charge in [0.05, 0.1) is 35.7 Å². The number of nitrogens with zero attached hydrogens (tertiary/aromatic N) is 2. The van der Waals surface area contributed by atoms with Gasteiger partial charge in [0.25, 0.3) is 5.56 Å². The van der Waals surface area contributed by atoms with E-state index >= 15 is 0 Å². The molecule has 1 aromatic heterocycles. The number of nitrogens with one attached hydrogen (secondary N) is 2. The lowest BCUT2D eigenvalue weighted by molar-refractivity contribution is 0.0600. The molecule has 4 rings (SSSR count). The largest absolute Gasteiger partial charge is 0.509 e. The Labute approximate surface area is 159 Å². The molecule has 0 aliphatic carbocycles. The number of esters is 1. The van der Waals surface area contributed by atoms with Crippen LogP contribution in [0.5, 0.6) is 0 Å². The van der Waals surface area contributed by atoms with Crippen molar-refractivity contribution in [3.63, 3.8) is 0 Å². The van der Waals surface area contributed by atoms with Gasteiger partial charge in [-0.2, -0.15) is 0 Å². The second-order valence-corrected chi connectivity index (χ2v) is 6.23. The van der Waals surface area contributed by atoms with Crippen molar-refractivity contribution in [3.8, 4) is 0 Å². The van der Waals surface area contributed by atoms with E-state index in [9.17, 15) is 14.7 Å². The molecule has 0 unspecified atom stereocenters. The van der Waals surface area contributed by atoms with Gasteiger partial charge < -0.3 is 19.7 Å². The smallest absolute Gasteiger partial charge is 0.337 e. The molecule has 0 amide bonds. The maximum Gasteiger partial charge on any atom is 0.337 e. The van der Waals surface area contributed by atoms with Crippen LogP contribution < -0.4 is 10.5 Å². The lowest BCUT2D eigenvalue weighted by atomic mass is 10.2. The van der Waals surface area contributed by atoms with Crippen LogP contribution in [0.15, 0.2) is 59.1 Å². The Hall–Kier alpha value is -3.94. The minimum atomic E-state index is -0.456. The zero-order valence-electron chi connectivity index (χ0n) is 14.9. The first kappa shape index (κ1) is 17.5. The number of amidine groups is 1. The van der Waals surface area contributed by atoms with Crippen molar-refractivity contribution in [2.45, 2.75) is 0 Å². The number of methoxy groups -OCH3 is 1. The average molecular weight is 376 g/mol. The number of ether oxygens (including phenoxy) is 1. The summed E-state index contributed by atoms with van der Waals surface area (Å²) in [4.78, 5) is 32.5. The van der Waals surface area contributed by atoms with Gasteiger partial charge in [-0.1, -0.05) is 12.1 Å². The number of fused-ring (bicyclic) bond motifs is 1. The highest BCUT2D eigenvalue weighted by atomic mass is 16.5. The van der Waals surface area contributed by atoms with Crippen molar-refractivity contribution in [2.24, 2.45) is 0 Å². The predicted molar refractivity (Wildman–Crippen MR) is 105 cm³/mol. The lowest BCUT2D eigenvalue weighted by Crippen LogP contribution is -2.26. The van der Waals surface area contributed by atoms with E-state index < -0.39 is 5.97 Å². The van der Waals surface area contributed by atoms with Gasteiger partial charge in [0, 0.05) is 5.69 Å². The van der Waals surface area contributed by atoms with Crippen LogP contribution in [0.2, 0.25) is 0 Å². The monoisotopic (exact) mass is 376 g/mol. The van der Waals surface area contributed by atoms with Crippen LogP contribution in [-0.4, -0.2) is 40.5 Å². The number of rotatable bonds is 3. The standard InChI is InChI=1S/C20H16N4O4/c1-28-20(27)11-6-8-12(9-7-11)24-10-15(25)16(17(24)21)18-22-14-5-3-2-4-13(14)19(26)23-18/h2-9,21,25H,10H2,1H3,(H,22,23,26). The minimum Gasteiger partial charge on any atom is -0.509 e. The Balaban J connectivity index is 1.69. The second-order valence-electron chi connectivity index (χ2n) is 6.23. The zero-order chi connectivity index (χ0) is 19.8. The van der Waals surface area contributed by atoms with Crippen molar-refractivity contribution < 1.29 is 14.6 Å². The fourth-order valence-electron chi connectivity index (χ4n) is 3.15. The van der Waals surface area contributed by atoms with E-state index in [-0.39, 0.29) is 35.1 Å². The molecule has 3 N–H and O–H groups in total. The van der Waals surface area contributed by atoms with Crippen molar-refractivity contribution >= 4 is 34.0 Å². The number of aromatic nitrogens is 2. The zero-order valence-corrected chi connectivity index (χ0v) is 14.9. The number of para-hydroxylation sites is 1. The van der Waals surface area contributed by atoms with E-state index in [1.165, 1.54) is 7.11 Å². The number of aliphatic hydroxyl groups is 1. The molecule has 0 spiro atoms. The lowest BCUT2D eigenvalue weighted by Gasteiger charge is -2.19. The molecule has 0 atom stereocenters. The molecule has 1 aliphatic heterocycles. The summed E-state index contributed by atoms with van der Waals surface area (Å²) in [5.41, 5.74) is 1.31. The van der Waals surface area contributed by atoms with Crippen LogP contribution in [0, 0.1) is 5.41 Å². The third-order valence-electron chi connectivity index (χ3n) is 4.55. The van der Waals surface area contributed by atoms with E-state index in [1.54, 1.807) is 53.4 Å². The third-order valence-corrected chi connectivity index (χ3v) is 4.55. The number of carbonyl (C=O) groups is 1. The first-order valence-electron chi connectivity index (χ1n) is 8.46. The fraction of sp³-hybridized carbons (Fsp3) is 0.100. The average Bonchev–Trinajstić information content (AvgIpc) is 3.01. The van der Waals surface area contributed by atoms with Crippen molar-refractivity contribution in [3.05, 3.63) is 76.0 Å². The first-order chi connectivity index (χ1) is 13.5. The SMILES string of the molecule is COC(=O)c1ccc(N2CC(O)=C(c3nc4ccccc4c(=O)[nH]3)C2=N)cc1. The molecule has 8 heteroatoms.